The number of rotatable bonds is 4. The molecule has 4 nitrogen and oxygen atoms in total. The fourth-order valence-corrected chi connectivity index (χ4v) is 2.15. The van der Waals surface area contributed by atoms with Gasteiger partial charge in [0, 0.05) is 23.1 Å². The minimum atomic E-state index is -0.213. The van der Waals surface area contributed by atoms with E-state index in [0.717, 1.165) is 17.8 Å². The molecule has 0 atom stereocenters. The number of aromatic nitrogens is 1. The Hall–Kier alpha value is -1.81. The first-order valence-electron chi connectivity index (χ1n) is 5.93. The smallest absolute Gasteiger partial charge is 0.319 e. The van der Waals surface area contributed by atoms with Crippen LogP contribution in [0.3, 0.4) is 0 Å². The second kappa shape index (κ2) is 5.23. The minimum Gasteiger partial charge on any atom is -0.468 e. The molecule has 0 fully saturated rings. The highest BCUT2D eigenvalue weighted by Crippen LogP contribution is 2.22. The summed E-state index contributed by atoms with van der Waals surface area (Å²) in [5.41, 5.74) is 3.52. The van der Waals surface area contributed by atoms with Crippen molar-refractivity contribution in [2.45, 2.75) is 13.5 Å². The average molecular weight is 246 g/mol. The number of hydrogen-bond donors (Lipinski definition) is 1. The van der Waals surface area contributed by atoms with Gasteiger partial charge in [0.25, 0.3) is 0 Å². The first-order valence-corrected chi connectivity index (χ1v) is 5.93. The second-order valence-electron chi connectivity index (χ2n) is 4.52. The molecule has 0 unspecified atom stereocenters. The molecular formula is C14H18N2O2. The number of methoxy groups -OCH3 is 1. The number of benzene rings is 1. The molecule has 0 saturated carbocycles. The van der Waals surface area contributed by atoms with E-state index in [1.54, 1.807) is 0 Å². The Bertz CT molecular complexity index is 560. The lowest BCUT2D eigenvalue weighted by molar-refractivity contribution is -0.141. The molecule has 1 heterocycles. The predicted molar refractivity (Wildman–Crippen MR) is 71.4 cm³/mol. The Morgan fingerprint density at radius 1 is 1.39 bits per heavy atom. The Morgan fingerprint density at radius 3 is 2.83 bits per heavy atom. The van der Waals surface area contributed by atoms with Crippen LogP contribution in [0.15, 0.2) is 24.3 Å². The number of hydrogen-bond acceptors (Lipinski definition) is 3. The SMILES string of the molecule is COC(=O)CN(C)Cc1c(C)[nH]c2ccccc12. The fourth-order valence-electron chi connectivity index (χ4n) is 2.15. The van der Waals surface area contributed by atoms with Crippen molar-refractivity contribution in [1.82, 2.24) is 9.88 Å². The maximum absolute atomic E-state index is 11.2. The maximum Gasteiger partial charge on any atom is 0.319 e. The lowest BCUT2D eigenvalue weighted by atomic mass is 10.1. The van der Waals surface area contributed by atoms with Crippen molar-refractivity contribution in [2.75, 3.05) is 20.7 Å². The number of para-hydroxylation sites is 1. The summed E-state index contributed by atoms with van der Waals surface area (Å²) in [6, 6.07) is 8.20. The van der Waals surface area contributed by atoms with E-state index in [1.807, 2.05) is 24.1 Å². The molecule has 2 aromatic rings. The van der Waals surface area contributed by atoms with E-state index in [9.17, 15) is 4.79 Å². The van der Waals surface area contributed by atoms with E-state index in [0.29, 0.717) is 6.54 Å². The van der Waals surface area contributed by atoms with Gasteiger partial charge in [-0.3, -0.25) is 9.69 Å². The van der Waals surface area contributed by atoms with E-state index < -0.39 is 0 Å². The van der Waals surface area contributed by atoms with Crippen molar-refractivity contribution in [3.05, 3.63) is 35.5 Å². The molecule has 0 spiro atoms. The molecule has 0 saturated heterocycles. The molecule has 0 amide bonds. The lowest BCUT2D eigenvalue weighted by Crippen LogP contribution is -2.26. The lowest BCUT2D eigenvalue weighted by Gasteiger charge is -2.15. The van der Waals surface area contributed by atoms with Gasteiger partial charge in [0.05, 0.1) is 13.7 Å². The summed E-state index contributed by atoms with van der Waals surface area (Å²) < 4.78 is 4.67. The molecule has 1 aromatic carbocycles. The monoisotopic (exact) mass is 246 g/mol. The highest BCUT2D eigenvalue weighted by atomic mass is 16.5. The van der Waals surface area contributed by atoms with E-state index >= 15 is 0 Å². The number of carbonyl (C=O) groups excluding carboxylic acids is 1. The molecule has 0 aliphatic carbocycles. The molecule has 1 N–H and O–H groups in total. The number of carbonyl (C=O) groups is 1. The van der Waals surface area contributed by atoms with Crippen LogP contribution < -0.4 is 0 Å². The maximum atomic E-state index is 11.2. The molecule has 0 aliphatic rings. The molecule has 0 radical (unpaired) electrons. The molecule has 96 valence electrons. The number of fused-ring (bicyclic) bond motifs is 1. The second-order valence-corrected chi connectivity index (χ2v) is 4.52. The molecule has 0 bridgehead atoms. The van der Waals surface area contributed by atoms with Gasteiger partial charge in [-0.25, -0.2) is 0 Å². The van der Waals surface area contributed by atoms with Crippen LogP contribution in [-0.4, -0.2) is 36.6 Å². The van der Waals surface area contributed by atoms with Gasteiger partial charge in [0.2, 0.25) is 0 Å². The van der Waals surface area contributed by atoms with Gasteiger partial charge in [-0.15, -0.1) is 0 Å². The van der Waals surface area contributed by atoms with Crippen LogP contribution in [0.2, 0.25) is 0 Å². The molecular weight excluding hydrogens is 228 g/mol. The fraction of sp³-hybridized carbons (Fsp3) is 0.357. The van der Waals surface area contributed by atoms with Crippen LogP contribution in [0.1, 0.15) is 11.3 Å². The van der Waals surface area contributed by atoms with Crippen molar-refractivity contribution in [3.8, 4) is 0 Å². The number of nitrogens with one attached hydrogen (secondary N) is 1. The largest absolute Gasteiger partial charge is 0.468 e. The Morgan fingerprint density at radius 2 is 2.11 bits per heavy atom. The molecule has 0 aliphatic heterocycles. The topological polar surface area (TPSA) is 45.3 Å². The predicted octanol–water partition coefficient (Wildman–Crippen LogP) is 2.08. The highest BCUT2D eigenvalue weighted by molar-refractivity contribution is 5.84. The molecule has 2 rings (SSSR count). The number of esters is 1. The van der Waals surface area contributed by atoms with Gasteiger partial charge >= 0.3 is 5.97 Å². The Kier molecular flexibility index (Phi) is 3.67. The van der Waals surface area contributed by atoms with E-state index in [4.69, 9.17) is 0 Å². The minimum absolute atomic E-state index is 0.213. The van der Waals surface area contributed by atoms with Gasteiger partial charge in [-0.2, -0.15) is 0 Å². The normalized spacial score (nSPS) is 11.1. The van der Waals surface area contributed by atoms with E-state index in [1.165, 1.54) is 18.1 Å². The van der Waals surface area contributed by atoms with Crippen LogP contribution in [0.25, 0.3) is 10.9 Å². The Balaban J connectivity index is 2.21. The molecule has 18 heavy (non-hydrogen) atoms. The highest BCUT2D eigenvalue weighted by Gasteiger charge is 2.12. The summed E-state index contributed by atoms with van der Waals surface area (Å²) in [5.74, 6) is -0.213. The van der Waals surface area contributed by atoms with Crippen LogP contribution in [0, 0.1) is 6.92 Å². The first-order chi connectivity index (χ1) is 8.61. The van der Waals surface area contributed by atoms with Crippen LogP contribution in [-0.2, 0) is 16.1 Å². The van der Waals surface area contributed by atoms with Crippen molar-refractivity contribution >= 4 is 16.9 Å². The van der Waals surface area contributed by atoms with E-state index in [-0.39, 0.29) is 5.97 Å². The van der Waals surface area contributed by atoms with Gasteiger partial charge in [-0.05, 0) is 25.6 Å². The summed E-state index contributed by atoms with van der Waals surface area (Å²) in [7, 11) is 3.32. The Labute approximate surface area is 107 Å². The summed E-state index contributed by atoms with van der Waals surface area (Å²) in [4.78, 5) is 16.5. The zero-order chi connectivity index (χ0) is 13.1. The van der Waals surface area contributed by atoms with Crippen molar-refractivity contribution in [1.29, 1.82) is 0 Å². The van der Waals surface area contributed by atoms with Gasteiger partial charge in [-0.1, -0.05) is 18.2 Å². The number of ether oxygens (including phenoxy) is 1. The van der Waals surface area contributed by atoms with Crippen molar-refractivity contribution < 1.29 is 9.53 Å². The third kappa shape index (κ3) is 2.54. The molecule has 4 heteroatoms. The van der Waals surface area contributed by atoms with Gasteiger partial charge in [0.1, 0.15) is 0 Å². The zero-order valence-electron chi connectivity index (χ0n) is 11.0. The zero-order valence-corrected chi connectivity index (χ0v) is 11.0. The third-order valence-corrected chi connectivity index (χ3v) is 3.08. The number of likely N-dealkylation sites (N-methyl/N-ethyl adjacent to an activating group) is 1. The quantitative estimate of drug-likeness (QED) is 0.840. The first kappa shape index (κ1) is 12.6. The van der Waals surface area contributed by atoms with Crippen molar-refractivity contribution in [3.63, 3.8) is 0 Å². The van der Waals surface area contributed by atoms with Crippen molar-refractivity contribution in [2.24, 2.45) is 0 Å². The summed E-state index contributed by atoms with van der Waals surface area (Å²) in [6.07, 6.45) is 0. The van der Waals surface area contributed by atoms with Gasteiger partial charge < -0.3 is 9.72 Å². The number of aromatic amines is 1. The van der Waals surface area contributed by atoms with Crippen LogP contribution in [0.4, 0.5) is 0 Å². The number of nitrogens with zero attached hydrogens (tertiary/aromatic N) is 1. The van der Waals surface area contributed by atoms with Gasteiger partial charge in [0.15, 0.2) is 0 Å². The van der Waals surface area contributed by atoms with E-state index in [2.05, 4.69) is 28.8 Å². The van der Waals surface area contributed by atoms with Crippen LogP contribution >= 0.6 is 0 Å². The average Bonchev–Trinajstić information content (AvgIpc) is 2.66. The molecule has 1 aromatic heterocycles. The van der Waals surface area contributed by atoms with Crippen LogP contribution in [0.5, 0.6) is 0 Å². The standard InChI is InChI=1S/C14H18N2O2/c1-10-12(8-16(2)9-14(17)18-3)11-6-4-5-7-13(11)15-10/h4-7,15H,8-9H2,1-3H3. The number of aryl methyl sites for hydroxylation is 1. The third-order valence-electron chi connectivity index (χ3n) is 3.08. The summed E-state index contributed by atoms with van der Waals surface area (Å²) in [6.45, 7) is 3.09. The summed E-state index contributed by atoms with van der Waals surface area (Å²) in [5, 5.41) is 1.21. The summed E-state index contributed by atoms with van der Waals surface area (Å²) >= 11 is 0. The number of H-pyrrole nitrogens is 1.